The minimum Gasteiger partial charge on any atom is -0.365 e. The van der Waals surface area contributed by atoms with Crippen molar-refractivity contribution < 1.29 is 14.4 Å². The van der Waals surface area contributed by atoms with Crippen molar-refractivity contribution in [3.05, 3.63) is 58.0 Å². The molecule has 0 unspecified atom stereocenters. The Morgan fingerprint density at radius 3 is 2.47 bits per heavy atom. The molecule has 0 bridgehead atoms. The molecule has 0 atom stereocenters. The highest BCUT2D eigenvalue weighted by Crippen LogP contribution is 2.37. The summed E-state index contributed by atoms with van der Waals surface area (Å²) >= 11 is 1.50. The Kier molecular flexibility index (Phi) is 7.05. The van der Waals surface area contributed by atoms with E-state index in [0.717, 1.165) is 43.2 Å². The molecule has 1 aliphatic heterocycles. The normalized spacial score (nSPS) is 17.1. The third-order valence-electron chi connectivity index (χ3n) is 6.30. The Morgan fingerprint density at radius 1 is 1.03 bits per heavy atom. The second-order valence-electron chi connectivity index (χ2n) is 8.47. The number of piperidine rings is 1. The number of carbonyl (C=O) groups is 3. The molecule has 6 nitrogen and oxygen atoms in total. The summed E-state index contributed by atoms with van der Waals surface area (Å²) in [6.07, 6.45) is 9.69. The van der Waals surface area contributed by atoms with Gasteiger partial charge in [-0.3, -0.25) is 14.4 Å². The maximum absolute atomic E-state index is 12.9. The van der Waals surface area contributed by atoms with Gasteiger partial charge >= 0.3 is 0 Å². The molecule has 3 N–H and O–H groups in total. The quantitative estimate of drug-likeness (QED) is 0.531. The van der Waals surface area contributed by atoms with Crippen molar-refractivity contribution in [3.8, 4) is 0 Å². The lowest BCUT2D eigenvalue weighted by molar-refractivity contribution is -0.130. The van der Waals surface area contributed by atoms with E-state index < -0.39 is 5.91 Å². The average Bonchev–Trinajstić information content (AvgIpc) is 2.98. The number of benzene rings is 1. The first kappa shape index (κ1) is 22.3. The monoisotopic (exact) mass is 451 g/mol. The second kappa shape index (κ2) is 10.1. The number of rotatable bonds is 5. The van der Waals surface area contributed by atoms with Crippen LogP contribution in [0.5, 0.6) is 0 Å². The summed E-state index contributed by atoms with van der Waals surface area (Å²) in [5.74, 6) is -0.772. The number of primary amides is 1. The van der Waals surface area contributed by atoms with Crippen LogP contribution in [0.4, 0.5) is 5.00 Å². The predicted molar refractivity (Wildman–Crippen MR) is 128 cm³/mol. The number of thiophene rings is 1. The maximum atomic E-state index is 12.9. The highest BCUT2D eigenvalue weighted by atomic mass is 32.1. The summed E-state index contributed by atoms with van der Waals surface area (Å²) in [6, 6.07) is 9.71. The third kappa shape index (κ3) is 5.10. The molecule has 2 aliphatic rings. The van der Waals surface area contributed by atoms with E-state index in [4.69, 9.17) is 5.73 Å². The van der Waals surface area contributed by atoms with Crippen LogP contribution in [0.1, 0.15) is 58.5 Å². The van der Waals surface area contributed by atoms with Gasteiger partial charge in [0.2, 0.25) is 11.8 Å². The van der Waals surface area contributed by atoms with E-state index in [9.17, 15) is 14.4 Å². The van der Waals surface area contributed by atoms with Gasteiger partial charge in [0.05, 0.1) is 5.56 Å². The third-order valence-corrected chi connectivity index (χ3v) is 7.51. The summed E-state index contributed by atoms with van der Waals surface area (Å²) in [4.78, 5) is 40.5. The van der Waals surface area contributed by atoms with Crippen molar-refractivity contribution >= 4 is 40.1 Å². The number of carbonyl (C=O) groups excluding carboxylic acids is 3. The highest BCUT2D eigenvalue weighted by molar-refractivity contribution is 7.17. The molecular weight excluding hydrogens is 422 g/mol. The minimum atomic E-state index is -0.467. The van der Waals surface area contributed by atoms with Crippen LogP contribution in [0, 0.1) is 5.92 Å². The van der Waals surface area contributed by atoms with Crippen LogP contribution in [-0.4, -0.2) is 35.7 Å². The number of likely N-dealkylation sites (tertiary alicyclic amines) is 1. The first-order valence-electron chi connectivity index (χ1n) is 11.3. The molecule has 168 valence electrons. The van der Waals surface area contributed by atoms with Crippen molar-refractivity contribution in [3.63, 3.8) is 0 Å². The number of aryl methyl sites for hydroxylation is 1. The first-order chi connectivity index (χ1) is 15.5. The van der Waals surface area contributed by atoms with Gasteiger partial charge in [-0.2, -0.15) is 0 Å². The summed E-state index contributed by atoms with van der Waals surface area (Å²) in [5, 5.41) is 3.59. The highest BCUT2D eigenvalue weighted by Gasteiger charge is 2.29. The van der Waals surface area contributed by atoms with Gasteiger partial charge in [-0.15, -0.1) is 11.3 Å². The molecule has 3 amide bonds. The Balaban J connectivity index is 1.35. The van der Waals surface area contributed by atoms with Crippen molar-refractivity contribution in [2.75, 3.05) is 18.4 Å². The molecule has 1 aromatic heterocycles. The van der Waals surface area contributed by atoms with Crippen molar-refractivity contribution in [2.24, 2.45) is 11.7 Å². The number of fused-ring (bicyclic) bond motifs is 1. The van der Waals surface area contributed by atoms with Crippen LogP contribution in [0.3, 0.4) is 0 Å². The lowest BCUT2D eigenvalue weighted by Crippen LogP contribution is -2.40. The predicted octanol–water partition coefficient (Wildman–Crippen LogP) is 4.01. The number of nitrogens with one attached hydrogen (secondary N) is 1. The van der Waals surface area contributed by atoms with Crippen LogP contribution in [0.25, 0.3) is 6.08 Å². The van der Waals surface area contributed by atoms with Crippen molar-refractivity contribution in [1.29, 1.82) is 0 Å². The number of nitrogens with two attached hydrogens (primary N) is 1. The molecule has 0 radical (unpaired) electrons. The van der Waals surface area contributed by atoms with Crippen LogP contribution >= 0.6 is 11.3 Å². The van der Waals surface area contributed by atoms with Crippen LogP contribution < -0.4 is 11.1 Å². The molecule has 7 heteroatoms. The molecule has 1 saturated heterocycles. The molecule has 32 heavy (non-hydrogen) atoms. The van der Waals surface area contributed by atoms with Gasteiger partial charge in [0, 0.05) is 30.0 Å². The van der Waals surface area contributed by atoms with Crippen LogP contribution in [-0.2, 0) is 22.4 Å². The van der Waals surface area contributed by atoms with Crippen LogP contribution in [0.2, 0.25) is 0 Å². The fraction of sp³-hybridized carbons (Fsp3) is 0.400. The fourth-order valence-electron chi connectivity index (χ4n) is 4.50. The zero-order valence-corrected chi connectivity index (χ0v) is 19.0. The van der Waals surface area contributed by atoms with E-state index >= 15 is 0 Å². The molecule has 4 rings (SSSR count). The summed E-state index contributed by atoms with van der Waals surface area (Å²) in [6.45, 7) is 1.08. The molecule has 0 saturated carbocycles. The number of amides is 3. The lowest BCUT2D eigenvalue weighted by atomic mass is 9.95. The van der Waals surface area contributed by atoms with E-state index in [1.807, 2.05) is 36.4 Å². The van der Waals surface area contributed by atoms with E-state index in [2.05, 4.69) is 5.32 Å². The Hall–Kier alpha value is -2.93. The standard InChI is InChI=1S/C25H29N3O3S/c26-23(30)22-19-9-5-2-6-10-20(19)32-25(22)27-24(31)18-13-15-28(16-14-18)21(29)12-11-17-7-3-1-4-8-17/h1,3-4,7-8,11-12,18H,2,5-6,9-10,13-16H2,(H2,26,30)(H,27,31)/b12-11+. The van der Waals surface area contributed by atoms with Gasteiger partial charge in [-0.25, -0.2) is 0 Å². The molecular formula is C25H29N3O3S. The molecule has 1 aromatic carbocycles. The van der Waals surface area contributed by atoms with E-state index in [1.54, 1.807) is 11.0 Å². The zero-order chi connectivity index (χ0) is 22.5. The number of hydrogen-bond donors (Lipinski definition) is 2. The maximum Gasteiger partial charge on any atom is 0.251 e. The van der Waals surface area contributed by atoms with E-state index in [1.165, 1.54) is 16.2 Å². The summed E-state index contributed by atoms with van der Waals surface area (Å²) < 4.78 is 0. The van der Waals surface area contributed by atoms with Gasteiger partial charge in [-0.05, 0) is 55.7 Å². The SMILES string of the molecule is NC(=O)c1c(NC(=O)C2CCN(C(=O)/C=C/c3ccccc3)CC2)sc2c1CCCCC2. The first-order valence-corrected chi connectivity index (χ1v) is 12.1. The van der Waals surface area contributed by atoms with Gasteiger partial charge in [0.15, 0.2) is 0 Å². The van der Waals surface area contributed by atoms with E-state index in [-0.39, 0.29) is 17.7 Å². The molecule has 2 heterocycles. The Labute approximate surface area is 192 Å². The smallest absolute Gasteiger partial charge is 0.251 e. The van der Waals surface area contributed by atoms with Gasteiger partial charge in [-0.1, -0.05) is 36.8 Å². The molecule has 1 fully saturated rings. The van der Waals surface area contributed by atoms with Gasteiger partial charge in [0.25, 0.3) is 5.91 Å². The minimum absolute atomic E-state index is 0.0364. The number of nitrogens with zero attached hydrogens (tertiary/aromatic N) is 1. The lowest BCUT2D eigenvalue weighted by Gasteiger charge is -2.30. The summed E-state index contributed by atoms with van der Waals surface area (Å²) in [5.41, 5.74) is 8.18. The fourth-order valence-corrected chi connectivity index (χ4v) is 5.80. The average molecular weight is 452 g/mol. The number of hydrogen-bond acceptors (Lipinski definition) is 4. The second-order valence-corrected chi connectivity index (χ2v) is 9.57. The zero-order valence-electron chi connectivity index (χ0n) is 18.1. The Morgan fingerprint density at radius 2 is 1.75 bits per heavy atom. The van der Waals surface area contributed by atoms with Crippen molar-refractivity contribution in [2.45, 2.75) is 44.9 Å². The van der Waals surface area contributed by atoms with Crippen molar-refractivity contribution in [1.82, 2.24) is 4.90 Å². The Bertz CT molecular complexity index is 1020. The summed E-state index contributed by atoms with van der Waals surface area (Å²) in [7, 11) is 0. The molecule has 1 aliphatic carbocycles. The van der Waals surface area contributed by atoms with Crippen LogP contribution in [0.15, 0.2) is 36.4 Å². The molecule has 2 aromatic rings. The van der Waals surface area contributed by atoms with Gasteiger partial charge in [0.1, 0.15) is 5.00 Å². The van der Waals surface area contributed by atoms with Gasteiger partial charge < -0.3 is 16.0 Å². The molecule has 0 spiro atoms. The topological polar surface area (TPSA) is 92.5 Å². The van der Waals surface area contributed by atoms with E-state index in [0.29, 0.717) is 36.5 Å². The largest absolute Gasteiger partial charge is 0.365 e. The number of anilines is 1.